The number of fused-ring (bicyclic) bond motifs is 1. The summed E-state index contributed by atoms with van der Waals surface area (Å²) in [6.45, 7) is 1.21. The van der Waals surface area contributed by atoms with Crippen molar-refractivity contribution in [2.45, 2.75) is 70.6 Å². The quantitative estimate of drug-likeness (QED) is 0.588. The summed E-state index contributed by atoms with van der Waals surface area (Å²) in [5.41, 5.74) is 0.971. The molecule has 0 aromatic heterocycles. The summed E-state index contributed by atoms with van der Waals surface area (Å²) in [6, 6.07) is 1.80. The van der Waals surface area contributed by atoms with E-state index in [1.807, 2.05) is 0 Å². The number of hydrogen-bond donors (Lipinski definition) is 0. The van der Waals surface area contributed by atoms with Gasteiger partial charge in [0.25, 0.3) is 0 Å². The first-order valence-corrected chi connectivity index (χ1v) is 10.9. The van der Waals surface area contributed by atoms with Gasteiger partial charge in [0.2, 0.25) is 0 Å². The lowest BCUT2D eigenvalue weighted by molar-refractivity contribution is 0.133. The van der Waals surface area contributed by atoms with Gasteiger partial charge in [0, 0.05) is 0 Å². The number of hydrogen-bond acceptors (Lipinski definition) is 2. The number of benzene rings is 1. The monoisotopic (exact) mass is 380 g/mol. The third kappa shape index (κ3) is 3.98. The molecule has 1 aromatic carbocycles. The van der Waals surface area contributed by atoms with Crippen LogP contribution >= 0.6 is 11.6 Å². The second-order valence-electron chi connectivity index (χ2n) is 8.43. The lowest BCUT2D eigenvalue weighted by Crippen LogP contribution is -2.26. The highest BCUT2D eigenvalue weighted by atomic mass is 35.5. The van der Waals surface area contributed by atoms with Gasteiger partial charge in [-0.15, -0.1) is 0 Å². The highest BCUT2D eigenvalue weighted by molar-refractivity contribution is 6.32. The van der Waals surface area contributed by atoms with Gasteiger partial charge in [-0.2, -0.15) is 0 Å². The van der Waals surface area contributed by atoms with E-state index in [0.717, 1.165) is 30.2 Å². The van der Waals surface area contributed by atoms with E-state index < -0.39 is 5.82 Å². The van der Waals surface area contributed by atoms with Gasteiger partial charge < -0.3 is 9.47 Å². The van der Waals surface area contributed by atoms with Crippen molar-refractivity contribution < 1.29 is 13.9 Å². The average molecular weight is 381 g/mol. The van der Waals surface area contributed by atoms with Crippen LogP contribution in [0.25, 0.3) is 0 Å². The summed E-state index contributed by atoms with van der Waals surface area (Å²) >= 11 is 6.16. The zero-order chi connectivity index (χ0) is 17.9. The van der Waals surface area contributed by atoms with Crippen molar-refractivity contribution in [1.29, 1.82) is 0 Å². The molecule has 0 unspecified atom stereocenters. The minimum Gasteiger partial charge on any atom is -0.492 e. The van der Waals surface area contributed by atoms with Gasteiger partial charge in [0.15, 0.2) is 11.6 Å². The zero-order valence-electron chi connectivity index (χ0n) is 15.6. The van der Waals surface area contributed by atoms with Crippen molar-refractivity contribution in [2.75, 3.05) is 13.2 Å². The molecule has 0 bridgehead atoms. The van der Waals surface area contributed by atoms with E-state index in [1.54, 1.807) is 6.07 Å². The van der Waals surface area contributed by atoms with Gasteiger partial charge in [0.1, 0.15) is 10.8 Å². The fourth-order valence-corrected chi connectivity index (χ4v) is 5.43. The van der Waals surface area contributed by atoms with E-state index in [-0.39, 0.29) is 5.02 Å². The molecule has 3 aliphatic rings. The molecule has 144 valence electrons. The third-order valence-corrected chi connectivity index (χ3v) is 7.06. The molecule has 0 spiro atoms. The Labute approximate surface area is 161 Å². The van der Waals surface area contributed by atoms with E-state index in [4.69, 9.17) is 21.1 Å². The van der Waals surface area contributed by atoms with Crippen LogP contribution in [0.4, 0.5) is 4.39 Å². The topological polar surface area (TPSA) is 18.5 Å². The Morgan fingerprint density at radius 3 is 2.50 bits per heavy atom. The van der Waals surface area contributed by atoms with Gasteiger partial charge in [-0.1, -0.05) is 43.7 Å². The molecule has 2 aliphatic carbocycles. The Morgan fingerprint density at radius 1 is 1.00 bits per heavy atom. The number of halogens is 2. The standard InChI is InChI=1S/C22H30ClFO2/c23-20-21(24)19(13-18-7-4-12-25-22(18)20)26-14-15-8-10-17(11-9-15)16-5-2-1-3-6-16/h13,15-17H,1-12,14H2. The Morgan fingerprint density at radius 2 is 1.73 bits per heavy atom. The van der Waals surface area contributed by atoms with Gasteiger partial charge >= 0.3 is 0 Å². The molecule has 2 fully saturated rings. The van der Waals surface area contributed by atoms with Crippen molar-refractivity contribution in [3.63, 3.8) is 0 Å². The molecule has 0 amide bonds. The molecule has 26 heavy (non-hydrogen) atoms. The molecule has 4 heteroatoms. The number of aryl methyl sites for hydroxylation is 1. The maximum absolute atomic E-state index is 14.5. The number of rotatable bonds is 4. The van der Waals surface area contributed by atoms with Crippen LogP contribution in [0, 0.1) is 23.6 Å². The van der Waals surface area contributed by atoms with Gasteiger partial charge in [-0.3, -0.25) is 0 Å². The van der Waals surface area contributed by atoms with Crippen molar-refractivity contribution in [3.8, 4) is 11.5 Å². The molecule has 0 N–H and O–H groups in total. The first-order chi connectivity index (χ1) is 12.7. The van der Waals surface area contributed by atoms with E-state index in [0.29, 0.717) is 30.6 Å². The molecule has 0 radical (unpaired) electrons. The molecule has 0 saturated heterocycles. The Balaban J connectivity index is 1.32. The number of ether oxygens (including phenoxy) is 2. The fraction of sp³-hybridized carbons (Fsp3) is 0.727. The van der Waals surface area contributed by atoms with Crippen LogP contribution in [0.5, 0.6) is 11.5 Å². The van der Waals surface area contributed by atoms with Crippen LogP contribution in [0.3, 0.4) is 0 Å². The van der Waals surface area contributed by atoms with Crippen molar-refractivity contribution >= 4 is 11.6 Å². The summed E-state index contributed by atoms with van der Waals surface area (Å²) < 4.78 is 25.9. The van der Waals surface area contributed by atoms with Crippen LogP contribution < -0.4 is 9.47 Å². The average Bonchev–Trinajstić information content (AvgIpc) is 2.71. The van der Waals surface area contributed by atoms with E-state index in [2.05, 4.69) is 0 Å². The first kappa shape index (κ1) is 18.4. The molecule has 1 heterocycles. The zero-order valence-corrected chi connectivity index (χ0v) is 16.3. The predicted octanol–water partition coefficient (Wildman–Crippen LogP) is 6.57. The molecule has 1 aliphatic heterocycles. The highest BCUT2D eigenvalue weighted by Crippen LogP contribution is 2.42. The largest absolute Gasteiger partial charge is 0.492 e. The third-order valence-electron chi connectivity index (χ3n) is 6.72. The molecular formula is C22H30ClFO2. The Kier molecular flexibility index (Phi) is 5.93. The van der Waals surface area contributed by atoms with Crippen LogP contribution in [-0.4, -0.2) is 13.2 Å². The van der Waals surface area contributed by atoms with Crippen molar-refractivity contribution in [3.05, 3.63) is 22.5 Å². The van der Waals surface area contributed by atoms with Crippen LogP contribution in [-0.2, 0) is 6.42 Å². The SMILES string of the molecule is Fc1c(OCC2CCC(C3CCCCC3)CC2)cc2c(c1Cl)OCCC2. The van der Waals surface area contributed by atoms with Gasteiger partial charge in [0.05, 0.1) is 13.2 Å². The van der Waals surface area contributed by atoms with E-state index >= 15 is 0 Å². The second kappa shape index (κ2) is 8.37. The summed E-state index contributed by atoms with van der Waals surface area (Å²) in [6.07, 6.45) is 14.0. The predicted molar refractivity (Wildman–Crippen MR) is 103 cm³/mol. The highest BCUT2D eigenvalue weighted by Gasteiger charge is 2.29. The van der Waals surface area contributed by atoms with Crippen molar-refractivity contribution in [2.24, 2.45) is 17.8 Å². The maximum atomic E-state index is 14.5. The lowest BCUT2D eigenvalue weighted by atomic mass is 9.71. The molecular weight excluding hydrogens is 351 g/mol. The van der Waals surface area contributed by atoms with Crippen LogP contribution in [0.2, 0.25) is 5.02 Å². The summed E-state index contributed by atoms with van der Waals surface area (Å²) in [5, 5.41) is 0.0817. The second-order valence-corrected chi connectivity index (χ2v) is 8.81. The molecule has 0 atom stereocenters. The summed E-state index contributed by atoms with van der Waals surface area (Å²) in [7, 11) is 0. The molecule has 4 rings (SSSR count). The minimum absolute atomic E-state index is 0.0817. The van der Waals surface area contributed by atoms with E-state index in [1.165, 1.54) is 57.8 Å². The molecule has 2 nitrogen and oxygen atoms in total. The normalized spacial score (nSPS) is 26.8. The summed E-state index contributed by atoms with van der Waals surface area (Å²) in [4.78, 5) is 0. The summed E-state index contributed by atoms with van der Waals surface area (Å²) in [5.74, 6) is 2.76. The van der Waals surface area contributed by atoms with Crippen LogP contribution in [0.1, 0.15) is 69.8 Å². The fourth-order valence-electron chi connectivity index (χ4n) is 5.16. The van der Waals surface area contributed by atoms with Crippen molar-refractivity contribution in [1.82, 2.24) is 0 Å². The van der Waals surface area contributed by atoms with E-state index in [9.17, 15) is 4.39 Å². The van der Waals surface area contributed by atoms with Gasteiger partial charge in [-0.25, -0.2) is 4.39 Å². The molecule has 2 saturated carbocycles. The lowest BCUT2D eigenvalue weighted by Gasteiger charge is -2.35. The smallest absolute Gasteiger partial charge is 0.187 e. The Bertz CT molecular complexity index is 619. The Hall–Kier alpha value is -0.960. The van der Waals surface area contributed by atoms with Crippen LogP contribution in [0.15, 0.2) is 6.07 Å². The minimum atomic E-state index is -0.469. The maximum Gasteiger partial charge on any atom is 0.187 e. The molecule has 1 aromatic rings. The van der Waals surface area contributed by atoms with Gasteiger partial charge in [-0.05, 0) is 67.9 Å². The first-order valence-electron chi connectivity index (χ1n) is 10.5.